The van der Waals surface area contributed by atoms with E-state index in [4.69, 9.17) is 0 Å². The molecule has 0 amide bonds. The molecule has 96 valence electrons. The number of piperidine rings is 1. The maximum absolute atomic E-state index is 9.92. The van der Waals surface area contributed by atoms with E-state index in [9.17, 15) is 5.11 Å². The molecular weight excluding hydrogens is 198 g/mol. The molecule has 1 fully saturated rings. The van der Waals surface area contributed by atoms with Gasteiger partial charge in [-0.25, -0.2) is 0 Å². The van der Waals surface area contributed by atoms with Crippen molar-refractivity contribution in [2.24, 2.45) is 5.92 Å². The maximum atomic E-state index is 9.92. The molecule has 0 saturated carbocycles. The van der Waals surface area contributed by atoms with Crippen molar-refractivity contribution < 1.29 is 5.11 Å². The van der Waals surface area contributed by atoms with E-state index in [0.717, 1.165) is 18.9 Å². The van der Waals surface area contributed by atoms with E-state index >= 15 is 0 Å². The first-order valence-electron chi connectivity index (χ1n) is 7.12. The second kappa shape index (κ2) is 8.08. The van der Waals surface area contributed by atoms with Crippen molar-refractivity contribution >= 4 is 0 Å². The summed E-state index contributed by atoms with van der Waals surface area (Å²) < 4.78 is 0. The second-order valence-corrected chi connectivity index (χ2v) is 5.49. The van der Waals surface area contributed by atoms with E-state index in [1.54, 1.807) is 0 Å². The van der Waals surface area contributed by atoms with E-state index in [1.165, 1.54) is 51.6 Å². The molecule has 0 radical (unpaired) electrons. The molecule has 1 aliphatic rings. The first kappa shape index (κ1) is 14.0. The van der Waals surface area contributed by atoms with Crippen molar-refractivity contribution in [1.29, 1.82) is 0 Å². The fourth-order valence-corrected chi connectivity index (χ4v) is 2.44. The molecule has 0 bridgehead atoms. The van der Waals surface area contributed by atoms with Gasteiger partial charge in [0.05, 0.1) is 6.10 Å². The molecule has 1 N–H and O–H groups in total. The minimum Gasteiger partial charge on any atom is -0.392 e. The molecule has 0 aromatic rings. The summed E-state index contributed by atoms with van der Waals surface area (Å²) in [6.07, 6.45) is 8.58. The number of aliphatic hydroxyl groups excluding tert-OH is 1. The van der Waals surface area contributed by atoms with Crippen LogP contribution in [-0.2, 0) is 0 Å². The third kappa shape index (κ3) is 5.86. The maximum Gasteiger partial charge on any atom is 0.0667 e. The molecule has 0 aliphatic carbocycles. The Labute approximate surface area is 101 Å². The van der Waals surface area contributed by atoms with Gasteiger partial charge in [-0.05, 0) is 38.3 Å². The standard InChI is InChI=1S/C14H29NO/c1-3-4-5-6-7-14(16)12-15-10-8-13(2)9-11-15/h13-14,16H,3-12H2,1-2H3. The third-order valence-corrected chi connectivity index (χ3v) is 3.74. The Hall–Kier alpha value is -0.0800. The normalized spacial score (nSPS) is 21.2. The van der Waals surface area contributed by atoms with Gasteiger partial charge >= 0.3 is 0 Å². The Morgan fingerprint density at radius 3 is 2.50 bits per heavy atom. The highest BCUT2D eigenvalue weighted by molar-refractivity contribution is 4.72. The van der Waals surface area contributed by atoms with Crippen molar-refractivity contribution in [2.45, 2.75) is 64.9 Å². The lowest BCUT2D eigenvalue weighted by Crippen LogP contribution is -2.38. The van der Waals surface area contributed by atoms with Gasteiger partial charge in [-0.3, -0.25) is 0 Å². The molecule has 1 unspecified atom stereocenters. The van der Waals surface area contributed by atoms with Crippen molar-refractivity contribution in [3.8, 4) is 0 Å². The molecule has 16 heavy (non-hydrogen) atoms. The van der Waals surface area contributed by atoms with Gasteiger partial charge in [0, 0.05) is 6.54 Å². The van der Waals surface area contributed by atoms with Crippen LogP contribution in [0.15, 0.2) is 0 Å². The molecule has 2 nitrogen and oxygen atoms in total. The third-order valence-electron chi connectivity index (χ3n) is 3.74. The minimum absolute atomic E-state index is 0.0923. The molecule has 2 heteroatoms. The number of aliphatic hydroxyl groups is 1. The van der Waals surface area contributed by atoms with Gasteiger partial charge in [0.1, 0.15) is 0 Å². The van der Waals surface area contributed by atoms with Gasteiger partial charge in [-0.2, -0.15) is 0 Å². The van der Waals surface area contributed by atoms with Crippen LogP contribution in [0.3, 0.4) is 0 Å². The Bertz CT molecular complexity index is 164. The average Bonchev–Trinajstić information content (AvgIpc) is 2.28. The lowest BCUT2D eigenvalue weighted by Gasteiger charge is -2.31. The number of hydrogen-bond acceptors (Lipinski definition) is 2. The van der Waals surface area contributed by atoms with Crippen LogP contribution >= 0.6 is 0 Å². The fraction of sp³-hybridized carbons (Fsp3) is 1.00. The number of rotatable bonds is 7. The zero-order valence-electron chi connectivity index (χ0n) is 11.1. The van der Waals surface area contributed by atoms with Crippen molar-refractivity contribution in [2.75, 3.05) is 19.6 Å². The van der Waals surface area contributed by atoms with Crippen LogP contribution in [0, 0.1) is 5.92 Å². The van der Waals surface area contributed by atoms with Gasteiger partial charge in [0.25, 0.3) is 0 Å². The highest BCUT2D eigenvalue weighted by Crippen LogP contribution is 2.16. The summed E-state index contributed by atoms with van der Waals surface area (Å²) >= 11 is 0. The van der Waals surface area contributed by atoms with Crippen molar-refractivity contribution in [3.63, 3.8) is 0 Å². The topological polar surface area (TPSA) is 23.5 Å². The van der Waals surface area contributed by atoms with Gasteiger partial charge in [0.15, 0.2) is 0 Å². The van der Waals surface area contributed by atoms with Crippen LogP contribution in [0.2, 0.25) is 0 Å². The zero-order valence-corrected chi connectivity index (χ0v) is 11.1. The van der Waals surface area contributed by atoms with Crippen LogP contribution < -0.4 is 0 Å². The highest BCUT2D eigenvalue weighted by atomic mass is 16.3. The van der Waals surface area contributed by atoms with Crippen LogP contribution in [0.5, 0.6) is 0 Å². The molecule has 0 spiro atoms. The van der Waals surface area contributed by atoms with Crippen LogP contribution in [0.1, 0.15) is 58.8 Å². The summed E-state index contributed by atoms with van der Waals surface area (Å²) in [6, 6.07) is 0. The van der Waals surface area contributed by atoms with E-state index in [1.807, 2.05) is 0 Å². The van der Waals surface area contributed by atoms with Crippen molar-refractivity contribution in [3.05, 3.63) is 0 Å². The SMILES string of the molecule is CCCCCCC(O)CN1CCC(C)CC1. The lowest BCUT2D eigenvalue weighted by molar-refractivity contribution is 0.0841. The molecule has 1 rings (SSSR count). The fourth-order valence-electron chi connectivity index (χ4n) is 2.44. The van der Waals surface area contributed by atoms with Crippen LogP contribution in [0.25, 0.3) is 0 Å². The monoisotopic (exact) mass is 227 g/mol. The Kier molecular flexibility index (Phi) is 7.06. The summed E-state index contributed by atoms with van der Waals surface area (Å²) in [5.74, 6) is 0.887. The van der Waals surface area contributed by atoms with Gasteiger partial charge < -0.3 is 10.0 Å². The summed E-state index contributed by atoms with van der Waals surface area (Å²) in [5, 5.41) is 9.92. The smallest absolute Gasteiger partial charge is 0.0667 e. The summed E-state index contributed by atoms with van der Waals surface area (Å²) in [6.45, 7) is 7.84. The summed E-state index contributed by atoms with van der Waals surface area (Å²) in [4.78, 5) is 2.44. The van der Waals surface area contributed by atoms with Crippen LogP contribution in [-0.4, -0.2) is 35.7 Å². The largest absolute Gasteiger partial charge is 0.392 e. The number of hydrogen-bond donors (Lipinski definition) is 1. The quantitative estimate of drug-likeness (QED) is 0.676. The Balaban J connectivity index is 2.02. The van der Waals surface area contributed by atoms with E-state index in [2.05, 4.69) is 18.7 Å². The lowest BCUT2D eigenvalue weighted by atomic mass is 9.98. The van der Waals surface area contributed by atoms with E-state index < -0.39 is 0 Å². The van der Waals surface area contributed by atoms with Gasteiger partial charge in [0.2, 0.25) is 0 Å². The molecular formula is C14H29NO. The molecule has 1 saturated heterocycles. The summed E-state index contributed by atoms with van der Waals surface area (Å²) in [7, 11) is 0. The first-order valence-corrected chi connectivity index (χ1v) is 7.12. The molecule has 1 atom stereocenters. The van der Waals surface area contributed by atoms with Gasteiger partial charge in [-0.1, -0.05) is 39.5 Å². The average molecular weight is 227 g/mol. The first-order chi connectivity index (χ1) is 7.72. The number of likely N-dealkylation sites (tertiary alicyclic amines) is 1. The highest BCUT2D eigenvalue weighted by Gasteiger charge is 2.17. The number of nitrogens with zero attached hydrogens (tertiary/aromatic N) is 1. The zero-order chi connectivity index (χ0) is 11.8. The molecule has 0 aromatic heterocycles. The molecule has 0 aromatic carbocycles. The number of β-amino-alcohol motifs (C(OH)–C–C–N with tert-alkyl or cyclic N) is 1. The van der Waals surface area contributed by atoms with Gasteiger partial charge in [-0.15, -0.1) is 0 Å². The second-order valence-electron chi connectivity index (χ2n) is 5.49. The van der Waals surface area contributed by atoms with Crippen molar-refractivity contribution in [1.82, 2.24) is 4.90 Å². The van der Waals surface area contributed by atoms with E-state index in [-0.39, 0.29) is 6.10 Å². The Morgan fingerprint density at radius 2 is 1.88 bits per heavy atom. The predicted octanol–water partition coefficient (Wildman–Crippen LogP) is 3.05. The Morgan fingerprint density at radius 1 is 1.19 bits per heavy atom. The predicted molar refractivity (Wildman–Crippen MR) is 69.6 cm³/mol. The molecule has 1 heterocycles. The van der Waals surface area contributed by atoms with E-state index in [0.29, 0.717) is 0 Å². The minimum atomic E-state index is -0.0923. The molecule has 1 aliphatic heterocycles. The number of unbranched alkanes of at least 4 members (excludes halogenated alkanes) is 3. The van der Waals surface area contributed by atoms with Crippen LogP contribution in [0.4, 0.5) is 0 Å². The summed E-state index contributed by atoms with van der Waals surface area (Å²) in [5.41, 5.74) is 0.